The number of rotatable bonds is 8. The van der Waals surface area contributed by atoms with E-state index in [4.69, 9.17) is 4.74 Å². The van der Waals surface area contributed by atoms with Crippen LogP contribution >= 0.6 is 0 Å². The molecule has 1 rings (SSSR count). The number of hydrogen-bond acceptors (Lipinski definition) is 4. The highest BCUT2D eigenvalue weighted by Crippen LogP contribution is 2.14. The average molecular weight is 237 g/mol. The van der Waals surface area contributed by atoms with Crippen LogP contribution in [0.1, 0.15) is 45.9 Å². The number of anilines is 1. The van der Waals surface area contributed by atoms with E-state index in [1.54, 1.807) is 0 Å². The molecule has 0 saturated heterocycles. The lowest BCUT2D eigenvalue weighted by Gasteiger charge is -2.09. The summed E-state index contributed by atoms with van der Waals surface area (Å²) >= 11 is 0. The fraction of sp³-hybridized carbons (Fsp3) is 0.692. The molecule has 4 nitrogen and oxygen atoms in total. The number of hydrogen-bond donors (Lipinski definition) is 1. The summed E-state index contributed by atoms with van der Waals surface area (Å²) in [5.74, 6) is 2.38. The molecule has 0 unspecified atom stereocenters. The second-order valence-corrected chi connectivity index (χ2v) is 3.99. The van der Waals surface area contributed by atoms with Crippen molar-refractivity contribution >= 4 is 5.82 Å². The molecule has 0 aliphatic rings. The molecule has 0 saturated carbocycles. The Morgan fingerprint density at radius 1 is 1.18 bits per heavy atom. The molecule has 0 amide bonds. The molecule has 96 valence electrons. The van der Waals surface area contributed by atoms with Crippen LogP contribution in [-0.4, -0.2) is 23.1 Å². The van der Waals surface area contributed by atoms with E-state index >= 15 is 0 Å². The summed E-state index contributed by atoms with van der Waals surface area (Å²) in [6.45, 7) is 7.96. The van der Waals surface area contributed by atoms with Crippen LogP contribution in [0.15, 0.2) is 6.07 Å². The quantitative estimate of drug-likeness (QED) is 0.706. The zero-order chi connectivity index (χ0) is 12.5. The van der Waals surface area contributed by atoms with Gasteiger partial charge in [0.2, 0.25) is 5.88 Å². The SMILES string of the molecule is CCCCNc1cc(OCCC)nc(CC)n1. The first-order valence-electron chi connectivity index (χ1n) is 6.54. The van der Waals surface area contributed by atoms with E-state index < -0.39 is 0 Å². The van der Waals surface area contributed by atoms with E-state index in [-0.39, 0.29) is 0 Å². The fourth-order valence-electron chi connectivity index (χ4n) is 1.40. The van der Waals surface area contributed by atoms with Crippen LogP contribution in [0.25, 0.3) is 0 Å². The molecule has 0 bridgehead atoms. The molecular formula is C13H23N3O. The number of ether oxygens (including phenoxy) is 1. The van der Waals surface area contributed by atoms with Crippen LogP contribution in [0, 0.1) is 0 Å². The molecule has 0 aliphatic carbocycles. The fourth-order valence-corrected chi connectivity index (χ4v) is 1.40. The van der Waals surface area contributed by atoms with Crippen molar-refractivity contribution in [2.45, 2.75) is 46.5 Å². The summed E-state index contributed by atoms with van der Waals surface area (Å²) < 4.78 is 5.55. The van der Waals surface area contributed by atoms with Gasteiger partial charge in [-0.05, 0) is 12.8 Å². The van der Waals surface area contributed by atoms with Gasteiger partial charge in [0, 0.05) is 19.0 Å². The lowest BCUT2D eigenvalue weighted by atomic mass is 10.3. The van der Waals surface area contributed by atoms with Gasteiger partial charge in [0.25, 0.3) is 0 Å². The second-order valence-electron chi connectivity index (χ2n) is 3.99. The summed E-state index contributed by atoms with van der Waals surface area (Å²) in [6.07, 6.45) is 4.14. The van der Waals surface area contributed by atoms with Gasteiger partial charge in [-0.25, -0.2) is 4.98 Å². The minimum absolute atomic E-state index is 0.678. The first kappa shape index (κ1) is 13.7. The van der Waals surface area contributed by atoms with E-state index in [2.05, 4.69) is 36.1 Å². The zero-order valence-electron chi connectivity index (χ0n) is 11.1. The maximum Gasteiger partial charge on any atom is 0.218 e. The van der Waals surface area contributed by atoms with Crippen LogP contribution < -0.4 is 10.1 Å². The van der Waals surface area contributed by atoms with Gasteiger partial charge in [0.1, 0.15) is 11.6 Å². The summed E-state index contributed by atoms with van der Waals surface area (Å²) in [5.41, 5.74) is 0. The van der Waals surface area contributed by atoms with Gasteiger partial charge in [0.05, 0.1) is 6.61 Å². The summed E-state index contributed by atoms with van der Waals surface area (Å²) in [5, 5.41) is 3.31. The summed E-state index contributed by atoms with van der Waals surface area (Å²) in [7, 11) is 0. The van der Waals surface area contributed by atoms with Gasteiger partial charge in [-0.2, -0.15) is 4.98 Å². The number of nitrogens with one attached hydrogen (secondary N) is 1. The molecular weight excluding hydrogens is 214 g/mol. The maximum absolute atomic E-state index is 5.55. The highest BCUT2D eigenvalue weighted by molar-refractivity contribution is 5.38. The summed E-state index contributed by atoms with van der Waals surface area (Å²) in [4.78, 5) is 8.77. The minimum Gasteiger partial charge on any atom is -0.478 e. The third-order valence-electron chi connectivity index (χ3n) is 2.36. The Kier molecular flexibility index (Phi) is 6.37. The number of unbranched alkanes of at least 4 members (excludes halogenated alkanes) is 1. The molecule has 0 atom stereocenters. The largest absolute Gasteiger partial charge is 0.478 e. The van der Waals surface area contributed by atoms with Crippen LogP contribution in [0.3, 0.4) is 0 Å². The predicted octanol–water partition coefficient (Wildman–Crippen LogP) is 3.04. The topological polar surface area (TPSA) is 47.0 Å². The van der Waals surface area contributed by atoms with Crippen molar-refractivity contribution in [3.05, 3.63) is 11.9 Å². The van der Waals surface area contributed by atoms with Gasteiger partial charge < -0.3 is 10.1 Å². The third-order valence-corrected chi connectivity index (χ3v) is 2.36. The molecule has 17 heavy (non-hydrogen) atoms. The van der Waals surface area contributed by atoms with Crippen molar-refractivity contribution in [2.24, 2.45) is 0 Å². The van der Waals surface area contributed by atoms with Crippen molar-refractivity contribution in [2.75, 3.05) is 18.5 Å². The monoisotopic (exact) mass is 237 g/mol. The number of aromatic nitrogens is 2. The highest BCUT2D eigenvalue weighted by atomic mass is 16.5. The first-order valence-corrected chi connectivity index (χ1v) is 6.54. The van der Waals surface area contributed by atoms with E-state index in [1.807, 2.05) is 6.07 Å². The predicted molar refractivity (Wildman–Crippen MR) is 70.6 cm³/mol. The second kappa shape index (κ2) is 7.87. The van der Waals surface area contributed by atoms with Crippen molar-refractivity contribution in [3.8, 4) is 5.88 Å². The van der Waals surface area contributed by atoms with Crippen LogP contribution in [0.2, 0.25) is 0 Å². The Morgan fingerprint density at radius 2 is 2.00 bits per heavy atom. The van der Waals surface area contributed by atoms with Crippen molar-refractivity contribution in [1.82, 2.24) is 9.97 Å². The minimum atomic E-state index is 0.678. The zero-order valence-corrected chi connectivity index (χ0v) is 11.1. The van der Waals surface area contributed by atoms with Gasteiger partial charge in [-0.15, -0.1) is 0 Å². The molecule has 0 aliphatic heterocycles. The van der Waals surface area contributed by atoms with Gasteiger partial charge >= 0.3 is 0 Å². The molecule has 4 heteroatoms. The Labute approximate surface area is 104 Å². The maximum atomic E-state index is 5.55. The number of nitrogens with zero attached hydrogens (tertiary/aromatic N) is 2. The van der Waals surface area contributed by atoms with Crippen molar-refractivity contribution in [1.29, 1.82) is 0 Å². The third kappa shape index (κ3) is 5.02. The molecule has 0 spiro atoms. The van der Waals surface area contributed by atoms with Crippen LogP contribution in [-0.2, 0) is 6.42 Å². The molecule has 0 aromatic carbocycles. The Morgan fingerprint density at radius 3 is 2.65 bits per heavy atom. The van der Waals surface area contributed by atoms with Crippen molar-refractivity contribution in [3.63, 3.8) is 0 Å². The lowest BCUT2D eigenvalue weighted by Crippen LogP contribution is -2.07. The normalized spacial score (nSPS) is 10.3. The van der Waals surface area contributed by atoms with Gasteiger partial charge in [-0.3, -0.25) is 0 Å². The number of aryl methyl sites for hydroxylation is 1. The summed E-state index contributed by atoms with van der Waals surface area (Å²) in [6, 6.07) is 1.88. The molecule has 0 radical (unpaired) electrons. The molecule has 0 fully saturated rings. The van der Waals surface area contributed by atoms with Crippen molar-refractivity contribution < 1.29 is 4.74 Å². The van der Waals surface area contributed by atoms with Gasteiger partial charge in [0.15, 0.2) is 0 Å². The van der Waals surface area contributed by atoms with E-state index in [9.17, 15) is 0 Å². The first-order chi connectivity index (χ1) is 8.30. The molecule has 1 heterocycles. The molecule has 1 N–H and O–H groups in total. The van der Waals surface area contributed by atoms with E-state index in [0.717, 1.165) is 37.4 Å². The van der Waals surface area contributed by atoms with E-state index in [1.165, 1.54) is 6.42 Å². The Bertz CT molecular complexity index is 328. The Balaban J connectivity index is 2.67. The standard InChI is InChI=1S/C13H23N3O/c1-4-7-8-14-12-10-13(17-9-5-2)16-11(6-3)15-12/h10H,4-9H2,1-3H3,(H,14,15,16). The Hall–Kier alpha value is -1.32. The van der Waals surface area contributed by atoms with E-state index in [0.29, 0.717) is 12.5 Å². The average Bonchev–Trinajstić information content (AvgIpc) is 2.36. The van der Waals surface area contributed by atoms with Crippen LogP contribution in [0.4, 0.5) is 5.82 Å². The van der Waals surface area contributed by atoms with Gasteiger partial charge in [-0.1, -0.05) is 27.2 Å². The molecule has 1 aromatic heterocycles. The smallest absolute Gasteiger partial charge is 0.218 e. The highest BCUT2D eigenvalue weighted by Gasteiger charge is 2.03. The van der Waals surface area contributed by atoms with Crippen LogP contribution in [0.5, 0.6) is 5.88 Å². The molecule has 1 aromatic rings. The lowest BCUT2D eigenvalue weighted by molar-refractivity contribution is 0.304.